The van der Waals surface area contributed by atoms with Crippen molar-refractivity contribution in [2.45, 2.75) is 30.5 Å². The number of halogens is 3. The molecule has 5 nitrogen and oxygen atoms in total. The first-order valence-electron chi connectivity index (χ1n) is 8.28. The normalized spacial score (nSPS) is 12.6. The van der Waals surface area contributed by atoms with Crippen molar-refractivity contribution in [2.75, 3.05) is 5.32 Å². The van der Waals surface area contributed by atoms with Crippen LogP contribution < -0.4 is 5.32 Å². The maximum absolute atomic E-state index is 12.6. The van der Waals surface area contributed by atoms with E-state index >= 15 is 0 Å². The molecule has 0 fully saturated rings. The summed E-state index contributed by atoms with van der Waals surface area (Å²) in [5.74, 6) is -0.0402. The second-order valence-electron chi connectivity index (χ2n) is 6.07. The molecule has 2 aromatic carbocycles. The first kappa shape index (κ1) is 19.9. The Bertz CT molecular complexity index is 971. The van der Waals surface area contributed by atoms with Crippen molar-refractivity contribution in [1.29, 1.82) is 0 Å². The van der Waals surface area contributed by atoms with Gasteiger partial charge in [-0.25, -0.2) is 0 Å². The molecule has 1 amide bonds. The van der Waals surface area contributed by atoms with Gasteiger partial charge in [-0.15, -0.1) is 10.2 Å². The fraction of sp³-hybridized carbons (Fsp3) is 0.211. The third kappa shape index (κ3) is 4.92. The molecule has 0 unspecified atom stereocenters. The zero-order valence-corrected chi connectivity index (χ0v) is 15.8. The monoisotopic (exact) mass is 407 g/mol. The second-order valence-corrected chi connectivity index (χ2v) is 7.36. The third-order valence-corrected chi connectivity index (χ3v) is 4.73. The minimum Gasteiger partial charge on any atom is -0.411 e. The number of hydrogen-bond acceptors (Lipinski definition) is 5. The van der Waals surface area contributed by atoms with E-state index in [1.807, 2.05) is 31.2 Å². The number of alkyl halides is 3. The summed E-state index contributed by atoms with van der Waals surface area (Å²) in [5, 5.41) is 10.1. The van der Waals surface area contributed by atoms with Crippen LogP contribution in [0.4, 0.5) is 18.9 Å². The molecule has 1 heterocycles. The summed E-state index contributed by atoms with van der Waals surface area (Å²) in [5.41, 5.74) is 1.33. The lowest BCUT2D eigenvalue weighted by Gasteiger charge is -2.11. The van der Waals surface area contributed by atoms with E-state index in [2.05, 4.69) is 15.5 Å². The number of hydrogen-bond donors (Lipinski definition) is 1. The molecule has 0 aliphatic carbocycles. The Hall–Kier alpha value is -2.81. The van der Waals surface area contributed by atoms with Gasteiger partial charge in [-0.05, 0) is 50.2 Å². The molecular formula is C19H16F3N3O2S. The summed E-state index contributed by atoms with van der Waals surface area (Å²) in [6.45, 7) is 3.59. The lowest BCUT2D eigenvalue weighted by atomic mass is 10.1. The van der Waals surface area contributed by atoms with E-state index in [4.69, 9.17) is 4.42 Å². The van der Waals surface area contributed by atoms with E-state index in [1.165, 1.54) is 12.1 Å². The molecule has 1 atom stereocenters. The summed E-state index contributed by atoms with van der Waals surface area (Å²) >= 11 is 1.07. The van der Waals surface area contributed by atoms with E-state index in [1.54, 1.807) is 6.92 Å². The van der Waals surface area contributed by atoms with Crippen LogP contribution in [0.5, 0.6) is 0 Å². The number of carbonyl (C=O) groups excluding carboxylic acids is 1. The van der Waals surface area contributed by atoms with E-state index < -0.39 is 17.0 Å². The van der Waals surface area contributed by atoms with Gasteiger partial charge in [-0.2, -0.15) is 13.2 Å². The minimum absolute atomic E-state index is 0.228. The summed E-state index contributed by atoms with van der Waals surface area (Å²) in [4.78, 5) is 12.3. The molecule has 9 heteroatoms. The standard InChI is InChI=1S/C19H16F3N3O2S/c1-11-4-3-5-13(10-11)17-24-25-18(27-17)28-12(2)16(26)23-15-8-6-14(7-9-15)19(20,21)22/h3-10,12H,1-2H3,(H,23,26)/t12-/m1/s1. The van der Waals surface area contributed by atoms with E-state index in [0.29, 0.717) is 5.89 Å². The Morgan fingerprint density at radius 2 is 1.86 bits per heavy atom. The zero-order chi connectivity index (χ0) is 20.3. The second kappa shape index (κ2) is 8.05. The van der Waals surface area contributed by atoms with Crippen molar-refractivity contribution in [2.24, 2.45) is 0 Å². The number of aryl methyl sites for hydroxylation is 1. The van der Waals surface area contributed by atoms with Gasteiger partial charge < -0.3 is 9.73 Å². The van der Waals surface area contributed by atoms with Crippen molar-refractivity contribution >= 4 is 23.4 Å². The highest BCUT2D eigenvalue weighted by atomic mass is 32.2. The lowest BCUT2D eigenvalue weighted by molar-refractivity contribution is -0.137. The van der Waals surface area contributed by atoms with Crippen LogP contribution in [0.2, 0.25) is 0 Å². The molecular weight excluding hydrogens is 391 g/mol. The maximum Gasteiger partial charge on any atom is 0.416 e. The summed E-state index contributed by atoms with van der Waals surface area (Å²) in [6, 6.07) is 11.8. The van der Waals surface area contributed by atoms with Gasteiger partial charge in [-0.3, -0.25) is 4.79 Å². The summed E-state index contributed by atoms with van der Waals surface area (Å²) in [7, 11) is 0. The quantitative estimate of drug-likeness (QED) is 0.590. The minimum atomic E-state index is -4.42. The molecule has 1 aromatic heterocycles. The van der Waals surface area contributed by atoms with Crippen LogP contribution in [0.15, 0.2) is 58.2 Å². The topological polar surface area (TPSA) is 68.0 Å². The first-order valence-corrected chi connectivity index (χ1v) is 9.15. The van der Waals surface area contributed by atoms with E-state index in [-0.39, 0.29) is 16.8 Å². The lowest BCUT2D eigenvalue weighted by Crippen LogP contribution is -2.22. The number of thioether (sulfide) groups is 1. The summed E-state index contributed by atoms with van der Waals surface area (Å²) < 4.78 is 43.3. The molecule has 0 bridgehead atoms. The number of carbonyl (C=O) groups is 1. The fourth-order valence-corrected chi connectivity index (χ4v) is 3.03. The third-order valence-electron chi connectivity index (χ3n) is 3.80. The van der Waals surface area contributed by atoms with Crippen molar-refractivity contribution in [3.05, 3.63) is 59.7 Å². The highest BCUT2D eigenvalue weighted by Crippen LogP contribution is 2.30. The van der Waals surface area contributed by atoms with Crippen LogP contribution in [0.3, 0.4) is 0 Å². The zero-order valence-electron chi connectivity index (χ0n) is 14.9. The first-order chi connectivity index (χ1) is 13.2. The molecule has 28 heavy (non-hydrogen) atoms. The number of anilines is 1. The highest BCUT2D eigenvalue weighted by Gasteiger charge is 2.30. The molecule has 0 saturated heterocycles. The molecule has 3 rings (SSSR count). The van der Waals surface area contributed by atoms with E-state index in [9.17, 15) is 18.0 Å². The molecule has 1 N–H and O–H groups in total. The van der Waals surface area contributed by atoms with Gasteiger partial charge in [0.2, 0.25) is 11.8 Å². The largest absolute Gasteiger partial charge is 0.416 e. The molecule has 3 aromatic rings. The molecule has 0 spiro atoms. The van der Waals surface area contributed by atoms with Gasteiger partial charge in [-0.1, -0.05) is 29.5 Å². The van der Waals surface area contributed by atoms with Crippen molar-refractivity contribution in [3.63, 3.8) is 0 Å². The Morgan fingerprint density at radius 3 is 2.50 bits per heavy atom. The number of nitrogens with zero attached hydrogens (tertiary/aromatic N) is 2. The summed E-state index contributed by atoms with van der Waals surface area (Å²) in [6.07, 6.45) is -4.42. The SMILES string of the molecule is Cc1cccc(-c2nnc(S[C@H](C)C(=O)Nc3ccc(C(F)(F)F)cc3)o2)c1. The van der Waals surface area contributed by atoms with Gasteiger partial charge in [0.15, 0.2) is 0 Å². The van der Waals surface area contributed by atoms with Crippen molar-refractivity contribution < 1.29 is 22.4 Å². The van der Waals surface area contributed by atoms with Crippen LogP contribution in [0.1, 0.15) is 18.1 Å². The fourth-order valence-electron chi connectivity index (χ4n) is 2.34. The number of rotatable bonds is 5. The Balaban J connectivity index is 1.61. The maximum atomic E-state index is 12.6. The highest BCUT2D eigenvalue weighted by molar-refractivity contribution is 8.00. The van der Waals surface area contributed by atoms with Gasteiger partial charge in [0.25, 0.3) is 5.22 Å². The Labute approximate surface area is 163 Å². The predicted molar refractivity (Wildman–Crippen MR) is 99.9 cm³/mol. The Kier molecular flexibility index (Phi) is 5.73. The van der Waals surface area contributed by atoms with E-state index in [0.717, 1.165) is 35.0 Å². The molecule has 0 saturated carbocycles. The van der Waals surface area contributed by atoms with Crippen molar-refractivity contribution in [3.8, 4) is 11.5 Å². The van der Waals surface area contributed by atoms with Gasteiger partial charge in [0, 0.05) is 11.3 Å². The Morgan fingerprint density at radius 1 is 1.14 bits per heavy atom. The molecule has 146 valence electrons. The van der Waals surface area contributed by atoms with Gasteiger partial charge in [0.1, 0.15) is 0 Å². The van der Waals surface area contributed by atoms with Crippen LogP contribution >= 0.6 is 11.8 Å². The average molecular weight is 407 g/mol. The molecule has 0 aliphatic rings. The van der Waals surface area contributed by atoms with Gasteiger partial charge in [0.05, 0.1) is 10.8 Å². The van der Waals surface area contributed by atoms with Crippen LogP contribution in [-0.2, 0) is 11.0 Å². The predicted octanol–water partition coefficient (Wildman–Crippen LogP) is 5.18. The number of amides is 1. The molecule has 0 radical (unpaired) electrons. The number of nitrogens with one attached hydrogen (secondary N) is 1. The van der Waals surface area contributed by atoms with Gasteiger partial charge >= 0.3 is 6.18 Å². The van der Waals surface area contributed by atoms with Crippen LogP contribution in [0.25, 0.3) is 11.5 Å². The smallest absolute Gasteiger partial charge is 0.411 e. The van der Waals surface area contributed by atoms with Crippen LogP contribution in [0, 0.1) is 6.92 Å². The number of aromatic nitrogens is 2. The molecule has 0 aliphatic heterocycles. The number of benzene rings is 2. The van der Waals surface area contributed by atoms with Crippen molar-refractivity contribution in [1.82, 2.24) is 10.2 Å². The average Bonchev–Trinajstić information content (AvgIpc) is 3.10. The van der Waals surface area contributed by atoms with Crippen LogP contribution in [-0.4, -0.2) is 21.4 Å².